The van der Waals surface area contributed by atoms with Crippen LogP contribution in [0, 0.1) is 5.92 Å². The van der Waals surface area contributed by atoms with Gasteiger partial charge in [0.2, 0.25) is 5.91 Å². The molecule has 3 nitrogen and oxygen atoms in total. The summed E-state index contributed by atoms with van der Waals surface area (Å²) in [6.07, 6.45) is 10.2. The Balaban J connectivity index is 1.87. The van der Waals surface area contributed by atoms with Crippen molar-refractivity contribution in [3.05, 3.63) is 12.2 Å². The summed E-state index contributed by atoms with van der Waals surface area (Å²) in [4.78, 5) is 13.8. The Morgan fingerprint density at radius 1 is 1.33 bits per heavy atom. The van der Waals surface area contributed by atoms with Crippen molar-refractivity contribution in [3.8, 4) is 0 Å². The lowest BCUT2D eigenvalue weighted by Gasteiger charge is -2.29. The van der Waals surface area contributed by atoms with Gasteiger partial charge in [-0.2, -0.15) is 0 Å². The molecule has 1 saturated heterocycles. The van der Waals surface area contributed by atoms with E-state index in [0.717, 1.165) is 38.8 Å². The molecule has 0 aromatic carbocycles. The minimum absolute atomic E-state index is 0.0433. The zero-order valence-corrected chi connectivity index (χ0v) is 11.6. The SMILES string of the molecule is O=C(CCl)N(CC1CC=CCC1)CC1CCCO1. The fraction of sp³-hybridized carbons (Fsp3) is 0.786. The first-order valence-corrected chi connectivity index (χ1v) is 7.43. The second-order valence-corrected chi connectivity index (χ2v) is 5.49. The highest BCUT2D eigenvalue weighted by atomic mass is 35.5. The number of carbonyl (C=O) groups excluding carboxylic acids is 1. The van der Waals surface area contributed by atoms with Crippen LogP contribution in [-0.2, 0) is 9.53 Å². The van der Waals surface area contributed by atoms with Crippen LogP contribution in [-0.4, -0.2) is 42.5 Å². The summed E-state index contributed by atoms with van der Waals surface area (Å²) >= 11 is 5.70. The number of amides is 1. The van der Waals surface area contributed by atoms with Crippen LogP contribution in [0.2, 0.25) is 0 Å². The summed E-state index contributed by atoms with van der Waals surface area (Å²) < 4.78 is 5.62. The van der Waals surface area contributed by atoms with Crippen LogP contribution in [0.25, 0.3) is 0 Å². The number of hydrogen-bond acceptors (Lipinski definition) is 2. The second-order valence-electron chi connectivity index (χ2n) is 5.22. The van der Waals surface area contributed by atoms with Gasteiger partial charge in [0.1, 0.15) is 5.88 Å². The largest absolute Gasteiger partial charge is 0.376 e. The van der Waals surface area contributed by atoms with E-state index in [4.69, 9.17) is 16.3 Å². The number of ether oxygens (including phenoxy) is 1. The van der Waals surface area contributed by atoms with Gasteiger partial charge >= 0.3 is 0 Å². The van der Waals surface area contributed by atoms with Gasteiger partial charge in [-0.25, -0.2) is 0 Å². The number of carbonyl (C=O) groups is 1. The molecule has 0 saturated carbocycles. The molecule has 18 heavy (non-hydrogen) atoms. The van der Waals surface area contributed by atoms with E-state index in [1.165, 1.54) is 6.42 Å². The van der Waals surface area contributed by atoms with Gasteiger partial charge in [-0.15, -0.1) is 11.6 Å². The monoisotopic (exact) mass is 271 g/mol. The first-order valence-electron chi connectivity index (χ1n) is 6.90. The highest BCUT2D eigenvalue weighted by Gasteiger charge is 2.24. The molecule has 102 valence electrons. The molecule has 1 fully saturated rings. The molecule has 0 aromatic rings. The van der Waals surface area contributed by atoms with Gasteiger partial charge in [-0.05, 0) is 38.0 Å². The van der Waals surface area contributed by atoms with Crippen LogP contribution in [0.1, 0.15) is 32.1 Å². The van der Waals surface area contributed by atoms with Gasteiger partial charge in [-0.1, -0.05) is 12.2 Å². The summed E-state index contributed by atoms with van der Waals surface area (Å²) in [6.45, 7) is 2.38. The average Bonchev–Trinajstić information content (AvgIpc) is 2.91. The third-order valence-electron chi connectivity index (χ3n) is 3.77. The van der Waals surface area contributed by atoms with Gasteiger partial charge in [0.05, 0.1) is 6.10 Å². The Bertz CT molecular complexity index is 300. The van der Waals surface area contributed by atoms with Crippen molar-refractivity contribution in [1.82, 2.24) is 4.90 Å². The van der Waals surface area contributed by atoms with E-state index in [1.807, 2.05) is 4.90 Å². The molecule has 4 heteroatoms. The van der Waals surface area contributed by atoms with Crippen molar-refractivity contribution in [1.29, 1.82) is 0 Å². The maximum absolute atomic E-state index is 11.9. The second kappa shape index (κ2) is 7.15. The maximum atomic E-state index is 11.9. The Morgan fingerprint density at radius 2 is 2.22 bits per heavy atom. The normalized spacial score (nSPS) is 27.4. The van der Waals surface area contributed by atoms with Crippen LogP contribution in [0.5, 0.6) is 0 Å². The lowest BCUT2D eigenvalue weighted by Crippen LogP contribution is -2.41. The van der Waals surface area contributed by atoms with E-state index in [-0.39, 0.29) is 17.9 Å². The summed E-state index contributed by atoms with van der Waals surface area (Å²) in [6, 6.07) is 0. The average molecular weight is 272 g/mol. The fourth-order valence-corrected chi connectivity index (χ4v) is 2.90. The molecule has 0 bridgehead atoms. The van der Waals surface area contributed by atoms with Crippen LogP contribution >= 0.6 is 11.6 Å². The van der Waals surface area contributed by atoms with E-state index in [1.54, 1.807) is 0 Å². The molecule has 0 spiro atoms. The van der Waals surface area contributed by atoms with Gasteiger partial charge in [-0.3, -0.25) is 4.79 Å². The number of rotatable bonds is 5. The van der Waals surface area contributed by atoms with Crippen molar-refractivity contribution in [2.75, 3.05) is 25.6 Å². The van der Waals surface area contributed by atoms with Gasteiger partial charge in [0.25, 0.3) is 0 Å². The van der Waals surface area contributed by atoms with Crippen molar-refractivity contribution in [2.45, 2.75) is 38.2 Å². The summed E-state index contributed by atoms with van der Waals surface area (Å²) in [7, 11) is 0. The minimum atomic E-state index is 0.0433. The van der Waals surface area contributed by atoms with E-state index in [0.29, 0.717) is 12.5 Å². The van der Waals surface area contributed by atoms with Crippen molar-refractivity contribution in [3.63, 3.8) is 0 Å². The lowest BCUT2D eigenvalue weighted by molar-refractivity contribution is -0.130. The smallest absolute Gasteiger partial charge is 0.237 e. The molecule has 2 unspecified atom stereocenters. The molecule has 1 amide bonds. The topological polar surface area (TPSA) is 29.5 Å². The molecular weight excluding hydrogens is 250 g/mol. The zero-order chi connectivity index (χ0) is 12.8. The predicted octanol–water partition coefficient (Wildman–Crippen LogP) is 2.59. The number of hydrogen-bond donors (Lipinski definition) is 0. The summed E-state index contributed by atoms with van der Waals surface area (Å²) in [5, 5.41) is 0. The highest BCUT2D eigenvalue weighted by molar-refractivity contribution is 6.27. The Hall–Kier alpha value is -0.540. The van der Waals surface area contributed by atoms with Gasteiger partial charge < -0.3 is 9.64 Å². The fourth-order valence-electron chi connectivity index (χ4n) is 2.73. The van der Waals surface area contributed by atoms with E-state index < -0.39 is 0 Å². The summed E-state index contributed by atoms with van der Waals surface area (Å²) in [5.41, 5.74) is 0. The number of alkyl halides is 1. The standard InChI is InChI=1S/C14H22ClNO2/c15-9-14(17)16(11-13-7-4-8-18-13)10-12-5-2-1-3-6-12/h1-2,12-13H,3-11H2. The van der Waals surface area contributed by atoms with Crippen molar-refractivity contribution < 1.29 is 9.53 Å². The lowest BCUT2D eigenvalue weighted by atomic mass is 9.94. The molecule has 1 aliphatic carbocycles. The molecule has 1 aliphatic heterocycles. The van der Waals surface area contributed by atoms with E-state index in [9.17, 15) is 4.79 Å². The molecule has 2 rings (SSSR count). The third kappa shape index (κ3) is 3.99. The van der Waals surface area contributed by atoms with Gasteiger partial charge in [0.15, 0.2) is 0 Å². The van der Waals surface area contributed by atoms with Crippen molar-refractivity contribution in [2.24, 2.45) is 5.92 Å². The molecule has 1 heterocycles. The molecule has 2 aliphatic rings. The van der Waals surface area contributed by atoms with E-state index >= 15 is 0 Å². The molecule has 0 N–H and O–H groups in total. The first-order chi connectivity index (χ1) is 8.79. The number of nitrogens with zero attached hydrogens (tertiary/aromatic N) is 1. The van der Waals surface area contributed by atoms with Crippen molar-refractivity contribution >= 4 is 17.5 Å². The molecular formula is C14H22ClNO2. The first kappa shape index (κ1) is 13.9. The minimum Gasteiger partial charge on any atom is -0.376 e. The number of allylic oxidation sites excluding steroid dienone is 2. The van der Waals surface area contributed by atoms with Crippen LogP contribution in [0.15, 0.2) is 12.2 Å². The van der Waals surface area contributed by atoms with Crippen LogP contribution < -0.4 is 0 Å². The quantitative estimate of drug-likeness (QED) is 0.568. The Labute approximate surface area is 114 Å². The Kier molecular flexibility index (Phi) is 5.51. The van der Waals surface area contributed by atoms with Gasteiger partial charge in [0, 0.05) is 19.7 Å². The molecule has 0 aromatic heterocycles. The van der Waals surface area contributed by atoms with Crippen LogP contribution in [0.3, 0.4) is 0 Å². The predicted molar refractivity (Wildman–Crippen MR) is 72.8 cm³/mol. The zero-order valence-electron chi connectivity index (χ0n) is 10.8. The van der Waals surface area contributed by atoms with E-state index in [2.05, 4.69) is 12.2 Å². The third-order valence-corrected chi connectivity index (χ3v) is 4.00. The molecule has 2 atom stereocenters. The maximum Gasteiger partial charge on any atom is 0.237 e. The number of halogens is 1. The molecule has 0 radical (unpaired) electrons. The Morgan fingerprint density at radius 3 is 2.83 bits per heavy atom. The highest BCUT2D eigenvalue weighted by Crippen LogP contribution is 2.21. The van der Waals surface area contributed by atoms with Crippen LogP contribution in [0.4, 0.5) is 0 Å². The summed E-state index contributed by atoms with van der Waals surface area (Å²) in [5.74, 6) is 0.709.